The summed E-state index contributed by atoms with van der Waals surface area (Å²) in [6.45, 7) is 5.72. The monoisotopic (exact) mass is 276 g/mol. The Balaban J connectivity index is 1.68. The highest BCUT2D eigenvalue weighted by molar-refractivity contribution is 5.18. The molecule has 3 unspecified atom stereocenters. The number of aliphatic hydroxyl groups is 1. The molecule has 0 radical (unpaired) electrons. The zero-order chi connectivity index (χ0) is 14.0. The summed E-state index contributed by atoms with van der Waals surface area (Å²) in [7, 11) is 0. The molecule has 0 amide bonds. The van der Waals surface area contributed by atoms with Gasteiger partial charge in [0.25, 0.3) is 0 Å². The Kier molecular flexibility index (Phi) is 2.66. The second-order valence-electron chi connectivity index (χ2n) is 8.99. The van der Waals surface area contributed by atoms with Crippen LogP contribution in [0.1, 0.15) is 65.2 Å². The van der Waals surface area contributed by atoms with Gasteiger partial charge in [0, 0.05) is 5.41 Å². The number of rotatable bonds is 2. The second-order valence-corrected chi connectivity index (χ2v) is 8.99. The Morgan fingerprint density at radius 2 is 1.85 bits per heavy atom. The molecular weight excluding hydrogens is 248 g/mol. The van der Waals surface area contributed by atoms with E-state index < -0.39 is 0 Å². The van der Waals surface area contributed by atoms with Crippen LogP contribution in [-0.2, 0) is 4.74 Å². The third kappa shape index (κ3) is 1.87. The van der Waals surface area contributed by atoms with Gasteiger partial charge in [-0.15, -0.1) is 0 Å². The zero-order valence-electron chi connectivity index (χ0n) is 13.0. The molecule has 0 aromatic heterocycles. The average Bonchev–Trinajstić information content (AvgIpc) is 2.34. The minimum Gasteiger partial charge on any atom is -0.495 e. The molecule has 1 N–H and O–H groups in total. The SMILES string of the molecule is CC12CC3CC(C)(C1)CC(C(O)C1=CCCCO1)(C3)C2. The van der Waals surface area contributed by atoms with Gasteiger partial charge in [-0.05, 0) is 74.2 Å². The molecule has 20 heavy (non-hydrogen) atoms. The topological polar surface area (TPSA) is 29.5 Å². The molecule has 1 heterocycles. The summed E-state index contributed by atoms with van der Waals surface area (Å²) in [5, 5.41) is 11.1. The molecule has 4 aliphatic carbocycles. The molecule has 4 fully saturated rings. The van der Waals surface area contributed by atoms with E-state index in [4.69, 9.17) is 4.74 Å². The lowest BCUT2D eigenvalue weighted by atomic mass is 9.39. The highest BCUT2D eigenvalue weighted by Crippen LogP contribution is 2.70. The summed E-state index contributed by atoms with van der Waals surface area (Å²) in [6.07, 6.45) is 11.7. The third-order valence-electron chi connectivity index (χ3n) is 6.48. The van der Waals surface area contributed by atoms with Crippen LogP contribution in [0.5, 0.6) is 0 Å². The molecule has 0 aromatic carbocycles. The quantitative estimate of drug-likeness (QED) is 0.825. The van der Waals surface area contributed by atoms with E-state index in [9.17, 15) is 5.11 Å². The summed E-state index contributed by atoms with van der Waals surface area (Å²) in [4.78, 5) is 0. The number of allylic oxidation sites excluding steroid dienone is 1. The summed E-state index contributed by atoms with van der Waals surface area (Å²) in [5.41, 5.74) is 1.03. The summed E-state index contributed by atoms with van der Waals surface area (Å²) < 4.78 is 5.81. The smallest absolute Gasteiger partial charge is 0.121 e. The normalized spacial score (nSPS) is 51.5. The molecule has 112 valence electrons. The van der Waals surface area contributed by atoms with E-state index in [2.05, 4.69) is 19.9 Å². The van der Waals surface area contributed by atoms with Crippen molar-refractivity contribution >= 4 is 0 Å². The van der Waals surface area contributed by atoms with Gasteiger partial charge in [-0.1, -0.05) is 13.8 Å². The van der Waals surface area contributed by atoms with Crippen LogP contribution in [0.4, 0.5) is 0 Å². The van der Waals surface area contributed by atoms with Gasteiger partial charge in [0.15, 0.2) is 0 Å². The second kappa shape index (κ2) is 4.03. The summed E-state index contributed by atoms with van der Waals surface area (Å²) in [6, 6.07) is 0. The van der Waals surface area contributed by atoms with Crippen molar-refractivity contribution in [1.29, 1.82) is 0 Å². The summed E-state index contributed by atoms with van der Waals surface area (Å²) >= 11 is 0. The number of hydrogen-bond donors (Lipinski definition) is 1. The van der Waals surface area contributed by atoms with Crippen LogP contribution in [0.25, 0.3) is 0 Å². The Morgan fingerprint density at radius 3 is 2.40 bits per heavy atom. The highest BCUT2D eigenvalue weighted by atomic mass is 16.5. The standard InChI is InChI=1S/C18H28O2/c1-16-7-13-8-17(2,10-16)12-18(9-13,11-16)15(19)14-5-3-4-6-20-14/h5,13,15,19H,3-4,6-12H2,1-2H3. The van der Waals surface area contributed by atoms with Crippen LogP contribution in [0.3, 0.4) is 0 Å². The van der Waals surface area contributed by atoms with Gasteiger partial charge in [-0.2, -0.15) is 0 Å². The molecule has 5 aliphatic rings. The van der Waals surface area contributed by atoms with Gasteiger partial charge in [0.2, 0.25) is 0 Å². The Hall–Kier alpha value is -0.500. The lowest BCUT2D eigenvalue weighted by molar-refractivity contribution is -0.185. The maximum Gasteiger partial charge on any atom is 0.121 e. The molecule has 4 saturated carbocycles. The molecular formula is C18H28O2. The van der Waals surface area contributed by atoms with E-state index in [0.29, 0.717) is 10.8 Å². The van der Waals surface area contributed by atoms with Crippen molar-refractivity contribution in [2.75, 3.05) is 6.61 Å². The molecule has 0 aromatic rings. The van der Waals surface area contributed by atoms with Crippen LogP contribution < -0.4 is 0 Å². The first-order valence-electron chi connectivity index (χ1n) is 8.43. The van der Waals surface area contributed by atoms with Crippen LogP contribution in [-0.4, -0.2) is 17.8 Å². The largest absolute Gasteiger partial charge is 0.495 e. The van der Waals surface area contributed by atoms with E-state index in [1.54, 1.807) is 0 Å². The minimum atomic E-state index is -0.357. The van der Waals surface area contributed by atoms with Crippen molar-refractivity contribution in [1.82, 2.24) is 0 Å². The van der Waals surface area contributed by atoms with E-state index in [1.165, 1.54) is 38.5 Å². The fraction of sp³-hybridized carbons (Fsp3) is 0.889. The molecule has 2 nitrogen and oxygen atoms in total. The van der Waals surface area contributed by atoms with E-state index in [-0.39, 0.29) is 11.5 Å². The van der Waals surface area contributed by atoms with E-state index in [1.807, 2.05) is 0 Å². The van der Waals surface area contributed by atoms with Crippen molar-refractivity contribution in [3.05, 3.63) is 11.8 Å². The number of ether oxygens (including phenoxy) is 1. The zero-order valence-corrected chi connectivity index (χ0v) is 13.0. The van der Waals surface area contributed by atoms with Crippen molar-refractivity contribution < 1.29 is 9.84 Å². The fourth-order valence-electron chi connectivity index (χ4n) is 6.91. The fourth-order valence-corrected chi connectivity index (χ4v) is 6.91. The predicted octanol–water partition coefficient (Wildman–Crippen LogP) is 4.04. The molecule has 0 saturated heterocycles. The van der Waals surface area contributed by atoms with Gasteiger partial charge >= 0.3 is 0 Å². The molecule has 2 heteroatoms. The lowest BCUT2D eigenvalue weighted by Gasteiger charge is -2.66. The lowest BCUT2D eigenvalue weighted by Crippen LogP contribution is -2.59. The molecule has 5 rings (SSSR count). The van der Waals surface area contributed by atoms with Crippen molar-refractivity contribution in [2.24, 2.45) is 22.2 Å². The summed E-state index contributed by atoms with van der Waals surface area (Å²) in [5.74, 6) is 1.73. The first-order valence-corrected chi connectivity index (χ1v) is 8.43. The Morgan fingerprint density at radius 1 is 1.15 bits per heavy atom. The highest BCUT2D eigenvalue weighted by Gasteiger charge is 2.62. The molecule has 4 bridgehead atoms. The van der Waals surface area contributed by atoms with Gasteiger partial charge in [-0.3, -0.25) is 0 Å². The van der Waals surface area contributed by atoms with Gasteiger partial charge in [-0.25, -0.2) is 0 Å². The van der Waals surface area contributed by atoms with E-state index >= 15 is 0 Å². The van der Waals surface area contributed by atoms with Gasteiger partial charge in [0.05, 0.1) is 6.61 Å². The van der Waals surface area contributed by atoms with Crippen molar-refractivity contribution in [3.8, 4) is 0 Å². The first kappa shape index (κ1) is 13.2. The van der Waals surface area contributed by atoms with Crippen LogP contribution in [0, 0.1) is 22.2 Å². The van der Waals surface area contributed by atoms with E-state index in [0.717, 1.165) is 31.1 Å². The van der Waals surface area contributed by atoms with Crippen LogP contribution >= 0.6 is 0 Å². The first-order chi connectivity index (χ1) is 9.42. The maximum absolute atomic E-state index is 11.1. The van der Waals surface area contributed by atoms with Gasteiger partial charge < -0.3 is 9.84 Å². The van der Waals surface area contributed by atoms with Crippen LogP contribution in [0.2, 0.25) is 0 Å². The molecule has 0 spiro atoms. The Bertz CT molecular complexity index is 434. The van der Waals surface area contributed by atoms with Crippen molar-refractivity contribution in [2.45, 2.75) is 71.3 Å². The maximum atomic E-state index is 11.1. The average molecular weight is 276 g/mol. The predicted molar refractivity (Wildman–Crippen MR) is 79.1 cm³/mol. The Labute approximate surface area is 122 Å². The minimum absolute atomic E-state index is 0.103. The molecule has 3 atom stereocenters. The number of hydrogen-bond acceptors (Lipinski definition) is 2. The van der Waals surface area contributed by atoms with Gasteiger partial charge in [0.1, 0.15) is 11.9 Å². The number of aliphatic hydroxyl groups excluding tert-OH is 1. The van der Waals surface area contributed by atoms with Crippen LogP contribution in [0.15, 0.2) is 11.8 Å². The third-order valence-corrected chi connectivity index (χ3v) is 6.48. The van der Waals surface area contributed by atoms with Crippen molar-refractivity contribution in [3.63, 3.8) is 0 Å². The molecule has 1 aliphatic heterocycles.